The number of amides is 1. The van der Waals surface area contributed by atoms with Crippen molar-refractivity contribution in [1.82, 2.24) is 25.0 Å². The van der Waals surface area contributed by atoms with Crippen molar-refractivity contribution in [2.24, 2.45) is 0 Å². The number of pyridine rings is 1. The molecule has 1 aliphatic heterocycles. The lowest BCUT2D eigenvalue weighted by molar-refractivity contribution is 0.0741. The average Bonchev–Trinajstić information content (AvgIpc) is 3.30. The van der Waals surface area contributed by atoms with Crippen LogP contribution >= 0.6 is 11.3 Å². The van der Waals surface area contributed by atoms with Crippen LogP contribution in [0.1, 0.15) is 40.1 Å². The number of rotatable bonds is 4. The first-order valence-electron chi connectivity index (χ1n) is 9.44. The average molecular weight is 396 g/mol. The maximum atomic E-state index is 12.5. The minimum atomic E-state index is 0.0101. The number of anilines is 1. The van der Waals surface area contributed by atoms with Crippen molar-refractivity contribution < 1.29 is 9.32 Å². The third-order valence-electron chi connectivity index (χ3n) is 5.10. The van der Waals surface area contributed by atoms with Crippen molar-refractivity contribution in [1.29, 1.82) is 0 Å². The molecule has 0 radical (unpaired) electrons. The van der Waals surface area contributed by atoms with Gasteiger partial charge in [-0.1, -0.05) is 5.16 Å². The van der Waals surface area contributed by atoms with Gasteiger partial charge in [0.05, 0.1) is 5.01 Å². The van der Waals surface area contributed by atoms with Gasteiger partial charge in [0.15, 0.2) is 0 Å². The molecule has 0 unspecified atom stereocenters. The van der Waals surface area contributed by atoms with E-state index in [0.29, 0.717) is 30.5 Å². The molecule has 5 rings (SSSR count). The SMILES string of the molecule is Cc1nc(C(=O)N2CCN(c3ccc(-c4noc(C5CC5)n4)cn3)CC2)cs1. The minimum Gasteiger partial charge on any atom is -0.353 e. The molecule has 0 bridgehead atoms. The zero-order valence-corrected chi connectivity index (χ0v) is 16.4. The Bertz CT molecular complexity index is 986. The Kier molecular flexibility index (Phi) is 4.31. The van der Waals surface area contributed by atoms with Crippen LogP contribution in [0.4, 0.5) is 5.82 Å². The summed E-state index contributed by atoms with van der Waals surface area (Å²) in [6, 6.07) is 3.95. The number of nitrogens with zero attached hydrogens (tertiary/aromatic N) is 6. The highest BCUT2D eigenvalue weighted by atomic mass is 32.1. The van der Waals surface area contributed by atoms with Gasteiger partial charge in [0.1, 0.15) is 11.5 Å². The summed E-state index contributed by atoms with van der Waals surface area (Å²) in [6.45, 7) is 4.73. The molecule has 0 aromatic carbocycles. The van der Waals surface area contributed by atoms with Gasteiger partial charge in [-0.3, -0.25) is 4.79 Å². The molecule has 9 heteroatoms. The molecule has 2 fully saturated rings. The number of piperazine rings is 1. The molecule has 3 aromatic rings. The number of thiazole rings is 1. The highest BCUT2D eigenvalue weighted by molar-refractivity contribution is 7.09. The van der Waals surface area contributed by atoms with Gasteiger partial charge in [-0.25, -0.2) is 9.97 Å². The van der Waals surface area contributed by atoms with E-state index in [1.807, 2.05) is 29.3 Å². The van der Waals surface area contributed by atoms with E-state index in [1.165, 1.54) is 11.3 Å². The fourth-order valence-electron chi connectivity index (χ4n) is 3.32. The van der Waals surface area contributed by atoms with Crippen LogP contribution in [-0.2, 0) is 0 Å². The zero-order valence-electron chi connectivity index (χ0n) is 15.5. The van der Waals surface area contributed by atoms with Crippen LogP contribution in [0.15, 0.2) is 28.2 Å². The number of aromatic nitrogens is 4. The molecule has 4 heterocycles. The molecular formula is C19H20N6O2S. The van der Waals surface area contributed by atoms with Crippen molar-refractivity contribution >= 4 is 23.1 Å². The number of hydrogen-bond donors (Lipinski definition) is 0. The van der Waals surface area contributed by atoms with Crippen LogP contribution < -0.4 is 4.90 Å². The zero-order chi connectivity index (χ0) is 19.1. The topological polar surface area (TPSA) is 88.3 Å². The van der Waals surface area contributed by atoms with Crippen LogP contribution in [-0.4, -0.2) is 57.1 Å². The molecule has 0 N–H and O–H groups in total. The van der Waals surface area contributed by atoms with E-state index in [0.717, 1.165) is 48.2 Å². The van der Waals surface area contributed by atoms with E-state index in [4.69, 9.17) is 4.52 Å². The van der Waals surface area contributed by atoms with E-state index in [1.54, 1.807) is 6.20 Å². The second kappa shape index (κ2) is 6.97. The Morgan fingerprint density at radius 3 is 2.64 bits per heavy atom. The van der Waals surface area contributed by atoms with E-state index < -0.39 is 0 Å². The van der Waals surface area contributed by atoms with Gasteiger partial charge in [-0.15, -0.1) is 11.3 Å². The van der Waals surface area contributed by atoms with Gasteiger partial charge >= 0.3 is 0 Å². The standard InChI is InChI=1S/C19H20N6O2S/c1-12-21-15(11-28-12)19(26)25-8-6-24(7-9-25)16-5-4-14(10-20-16)17-22-18(27-23-17)13-2-3-13/h4-5,10-11,13H,2-3,6-9H2,1H3. The predicted molar refractivity (Wildman–Crippen MR) is 104 cm³/mol. The van der Waals surface area contributed by atoms with Crippen molar-refractivity contribution in [3.63, 3.8) is 0 Å². The second-order valence-corrected chi connectivity index (χ2v) is 8.23. The molecule has 0 atom stereocenters. The minimum absolute atomic E-state index is 0.0101. The highest BCUT2D eigenvalue weighted by Gasteiger charge is 2.30. The van der Waals surface area contributed by atoms with Gasteiger partial charge in [0.25, 0.3) is 5.91 Å². The van der Waals surface area contributed by atoms with Crippen LogP contribution in [0.25, 0.3) is 11.4 Å². The monoisotopic (exact) mass is 396 g/mol. The van der Waals surface area contributed by atoms with Gasteiger partial charge in [-0.2, -0.15) is 4.98 Å². The summed E-state index contributed by atoms with van der Waals surface area (Å²) in [5, 5.41) is 6.81. The molecular weight excluding hydrogens is 376 g/mol. The summed E-state index contributed by atoms with van der Waals surface area (Å²) in [4.78, 5) is 29.9. The third kappa shape index (κ3) is 3.37. The highest BCUT2D eigenvalue weighted by Crippen LogP contribution is 2.39. The van der Waals surface area contributed by atoms with Gasteiger partial charge in [0.2, 0.25) is 11.7 Å². The molecule has 8 nitrogen and oxygen atoms in total. The Hall–Kier alpha value is -2.81. The lowest BCUT2D eigenvalue weighted by atomic mass is 10.2. The Morgan fingerprint density at radius 2 is 2.00 bits per heavy atom. The first kappa shape index (κ1) is 17.3. The Morgan fingerprint density at radius 1 is 1.18 bits per heavy atom. The third-order valence-corrected chi connectivity index (χ3v) is 5.88. The van der Waals surface area contributed by atoms with E-state index in [2.05, 4.69) is 25.0 Å². The molecule has 0 spiro atoms. The van der Waals surface area contributed by atoms with Crippen molar-refractivity contribution in [2.45, 2.75) is 25.7 Å². The fourth-order valence-corrected chi connectivity index (χ4v) is 3.90. The summed E-state index contributed by atoms with van der Waals surface area (Å²) >= 11 is 1.50. The van der Waals surface area contributed by atoms with Crippen molar-refractivity contribution in [2.75, 3.05) is 31.1 Å². The molecule has 2 aliphatic rings. The quantitative estimate of drug-likeness (QED) is 0.670. The summed E-state index contributed by atoms with van der Waals surface area (Å²) in [5.41, 5.74) is 1.40. The fraction of sp³-hybridized carbons (Fsp3) is 0.421. The molecule has 1 amide bonds. The van der Waals surface area contributed by atoms with Crippen molar-refractivity contribution in [3.8, 4) is 11.4 Å². The van der Waals surface area contributed by atoms with Crippen LogP contribution in [0.3, 0.4) is 0 Å². The van der Waals surface area contributed by atoms with E-state index in [9.17, 15) is 4.79 Å². The van der Waals surface area contributed by atoms with Gasteiger partial charge < -0.3 is 14.3 Å². The lowest BCUT2D eigenvalue weighted by Gasteiger charge is -2.35. The largest absolute Gasteiger partial charge is 0.353 e. The van der Waals surface area contributed by atoms with Crippen LogP contribution in [0.5, 0.6) is 0 Å². The maximum Gasteiger partial charge on any atom is 0.273 e. The maximum absolute atomic E-state index is 12.5. The smallest absolute Gasteiger partial charge is 0.273 e. The number of aryl methyl sites for hydroxylation is 1. The molecule has 28 heavy (non-hydrogen) atoms. The summed E-state index contributed by atoms with van der Waals surface area (Å²) in [6.07, 6.45) is 4.05. The van der Waals surface area contributed by atoms with E-state index >= 15 is 0 Å². The molecule has 1 saturated carbocycles. The van der Waals surface area contributed by atoms with Gasteiger partial charge in [-0.05, 0) is 31.9 Å². The Labute approximate surface area is 166 Å². The van der Waals surface area contributed by atoms with Crippen LogP contribution in [0.2, 0.25) is 0 Å². The summed E-state index contributed by atoms with van der Waals surface area (Å²) in [5.74, 6) is 2.67. The summed E-state index contributed by atoms with van der Waals surface area (Å²) < 4.78 is 5.32. The number of hydrogen-bond acceptors (Lipinski definition) is 8. The lowest BCUT2D eigenvalue weighted by Crippen LogP contribution is -2.49. The molecule has 3 aromatic heterocycles. The Balaban J connectivity index is 1.22. The van der Waals surface area contributed by atoms with Gasteiger partial charge in [0, 0.05) is 49.2 Å². The molecule has 1 aliphatic carbocycles. The van der Waals surface area contributed by atoms with E-state index in [-0.39, 0.29) is 5.91 Å². The molecule has 144 valence electrons. The number of carbonyl (C=O) groups is 1. The predicted octanol–water partition coefficient (Wildman–Crippen LogP) is 2.74. The normalized spacial score (nSPS) is 17.2. The first-order chi connectivity index (χ1) is 13.7. The second-order valence-electron chi connectivity index (χ2n) is 7.17. The number of carbonyl (C=O) groups excluding carboxylic acids is 1. The first-order valence-corrected chi connectivity index (χ1v) is 10.3. The van der Waals surface area contributed by atoms with Crippen molar-refractivity contribution in [3.05, 3.63) is 40.3 Å². The summed E-state index contributed by atoms with van der Waals surface area (Å²) in [7, 11) is 0. The molecule has 1 saturated heterocycles. The van der Waals surface area contributed by atoms with Crippen LogP contribution in [0, 0.1) is 6.92 Å².